The van der Waals surface area contributed by atoms with E-state index in [0.717, 1.165) is 0 Å². The summed E-state index contributed by atoms with van der Waals surface area (Å²) in [5, 5.41) is 8.18. The van der Waals surface area contributed by atoms with Gasteiger partial charge in [0.25, 0.3) is 5.91 Å². The number of aromatic amines is 1. The van der Waals surface area contributed by atoms with Crippen molar-refractivity contribution in [2.24, 2.45) is 5.14 Å². The molecule has 0 aliphatic carbocycles. The molecule has 1 aromatic heterocycles. The van der Waals surface area contributed by atoms with Crippen LogP contribution in [0.25, 0.3) is 10.9 Å². The highest BCUT2D eigenvalue weighted by atomic mass is 32.2. The molecule has 6 nitrogen and oxygen atoms in total. The first-order valence-corrected chi connectivity index (χ1v) is 8.10. The van der Waals surface area contributed by atoms with Crippen LogP contribution in [0, 0.1) is 5.82 Å². The number of H-pyrrole nitrogens is 1. The molecule has 0 radical (unpaired) electrons. The van der Waals surface area contributed by atoms with Crippen molar-refractivity contribution in [1.29, 1.82) is 0 Å². The lowest BCUT2D eigenvalue weighted by molar-refractivity contribution is 0.102. The van der Waals surface area contributed by atoms with Gasteiger partial charge in [0.05, 0.1) is 4.90 Å². The number of aromatic nitrogens is 1. The van der Waals surface area contributed by atoms with Gasteiger partial charge >= 0.3 is 0 Å². The van der Waals surface area contributed by atoms with E-state index in [0.29, 0.717) is 10.9 Å². The van der Waals surface area contributed by atoms with Crippen molar-refractivity contribution in [3.8, 4) is 0 Å². The first-order chi connectivity index (χ1) is 10.8. The third-order valence-corrected chi connectivity index (χ3v) is 4.16. The summed E-state index contributed by atoms with van der Waals surface area (Å²) >= 11 is 0. The van der Waals surface area contributed by atoms with Crippen LogP contribution in [0.3, 0.4) is 0 Å². The van der Waals surface area contributed by atoms with Gasteiger partial charge in [0.2, 0.25) is 10.0 Å². The predicted octanol–water partition coefficient (Wildman–Crippen LogP) is 2.21. The van der Waals surface area contributed by atoms with E-state index in [1.54, 1.807) is 0 Å². The molecule has 0 saturated heterocycles. The molecule has 0 saturated carbocycles. The number of carbonyl (C=O) groups is 1. The van der Waals surface area contributed by atoms with Gasteiger partial charge in [0, 0.05) is 16.6 Å². The van der Waals surface area contributed by atoms with Gasteiger partial charge in [-0.1, -0.05) is 6.07 Å². The van der Waals surface area contributed by atoms with E-state index >= 15 is 0 Å². The van der Waals surface area contributed by atoms with E-state index in [-0.39, 0.29) is 16.3 Å². The fraction of sp³-hybridized carbons (Fsp3) is 0. The molecule has 0 atom stereocenters. The number of hydrogen-bond acceptors (Lipinski definition) is 3. The van der Waals surface area contributed by atoms with Crippen LogP contribution in [-0.2, 0) is 10.0 Å². The Bertz CT molecular complexity index is 1010. The molecular formula is C15H12FN3O3S. The summed E-state index contributed by atoms with van der Waals surface area (Å²) < 4.78 is 35.8. The maximum absolute atomic E-state index is 13.2. The number of primary sulfonamides is 1. The second-order valence-electron chi connectivity index (χ2n) is 4.94. The molecule has 8 heteroatoms. The summed E-state index contributed by atoms with van der Waals surface area (Å²) in [6, 6.07) is 11.2. The smallest absolute Gasteiger partial charge is 0.272 e. The highest BCUT2D eigenvalue weighted by molar-refractivity contribution is 7.89. The predicted molar refractivity (Wildman–Crippen MR) is 84.0 cm³/mol. The highest BCUT2D eigenvalue weighted by Gasteiger charge is 2.12. The number of hydrogen-bond donors (Lipinski definition) is 3. The number of benzene rings is 2. The number of nitrogens with one attached hydrogen (secondary N) is 2. The monoisotopic (exact) mass is 333 g/mol. The van der Waals surface area contributed by atoms with E-state index in [1.165, 1.54) is 48.5 Å². The average Bonchev–Trinajstić information content (AvgIpc) is 2.90. The van der Waals surface area contributed by atoms with Crippen molar-refractivity contribution in [3.05, 3.63) is 60.0 Å². The molecule has 0 bridgehead atoms. The molecule has 1 amide bonds. The van der Waals surface area contributed by atoms with Crippen molar-refractivity contribution in [1.82, 2.24) is 4.98 Å². The van der Waals surface area contributed by atoms with Gasteiger partial charge in [-0.15, -0.1) is 0 Å². The minimum atomic E-state index is -3.85. The number of anilines is 1. The van der Waals surface area contributed by atoms with Crippen LogP contribution >= 0.6 is 0 Å². The zero-order valence-electron chi connectivity index (χ0n) is 11.7. The van der Waals surface area contributed by atoms with Crippen molar-refractivity contribution in [3.63, 3.8) is 0 Å². The molecule has 2 aromatic carbocycles. The van der Waals surface area contributed by atoms with Gasteiger partial charge in [-0.05, 0) is 42.5 Å². The molecule has 118 valence electrons. The van der Waals surface area contributed by atoms with E-state index in [4.69, 9.17) is 5.14 Å². The minimum absolute atomic E-state index is 0.103. The van der Waals surface area contributed by atoms with Gasteiger partial charge in [-0.25, -0.2) is 17.9 Å². The highest BCUT2D eigenvalue weighted by Crippen LogP contribution is 2.19. The number of halogens is 1. The average molecular weight is 333 g/mol. The summed E-state index contributed by atoms with van der Waals surface area (Å²) in [6.45, 7) is 0. The van der Waals surface area contributed by atoms with Gasteiger partial charge in [0.15, 0.2) is 0 Å². The van der Waals surface area contributed by atoms with Gasteiger partial charge in [-0.2, -0.15) is 0 Å². The zero-order chi connectivity index (χ0) is 16.6. The van der Waals surface area contributed by atoms with Crippen LogP contribution in [0.4, 0.5) is 10.1 Å². The first kappa shape index (κ1) is 15.2. The standard InChI is InChI=1S/C15H12FN3O3S/c16-10-4-5-13-9(6-10)7-14(19-13)15(20)18-11-2-1-3-12(8-11)23(17,21)22/h1-8,19H,(H,18,20)(H2,17,21,22). The van der Waals surface area contributed by atoms with Gasteiger partial charge in [-0.3, -0.25) is 4.79 Å². The molecule has 0 aliphatic rings. The Morgan fingerprint density at radius 1 is 1.13 bits per heavy atom. The Kier molecular flexibility index (Phi) is 3.63. The van der Waals surface area contributed by atoms with Crippen LogP contribution in [0.1, 0.15) is 10.5 Å². The Hall–Kier alpha value is -2.71. The molecule has 23 heavy (non-hydrogen) atoms. The third kappa shape index (κ3) is 3.22. The SMILES string of the molecule is NS(=O)(=O)c1cccc(NC(=O)c2cc3cc(F)ccc3[nH]2)c1. The molecule has 0 unspecified atom stereocenters. The summed E-state index contributed by atoms with van der Waals surface area (Å²) in [7, 11) is -3.85. The second kappa shape index (κ2) is 5.49. The summed E-state index contributed by atoms with van der Waals surface area (Å²) in [5.74, 6) is -0.877. The molecule has 3 rings (SSSR count). The fourth-order valence-corrected chi connectivity index (χ4v) is 2.73. The van der Waals surface area contributed by atoms with Crippen LogP contribution < -0.4 is 10.5 Å². The lowest BCUT2D eigenvalue weighted by Crippen LogP contribution is -2.15. The number of nitrogens with two attached hydrogens (primary N) is 1. The number of fused-ring (bicyclic) bond motifs is 1. The van der Waals surface area contributed by atoms with E-state index in [1.807, 2.05) is 0 Å². The van der Waals surface area contributed by atoms with Crippen molar-refractivity contribution >= 4 is 32.5 Å². The van der Waals surface area contributed by atoms with Crippen molar-refractivity contribution < 1.29 is 17.6 Å². The lowest BCUT2D eigenvalue weighted by atomic mass is 10.2. The Morgan fingerprint density at radius 3 is 2.65 bits per heavy atom. The van der Waals surface area contributed by atoms with Gasteiger partial charge in [0.1, 0.15) is 11.5 Å². The van der Waals surface area contributed by atoms with E-state index < -0.39 is 21.7 Å². The number of carbonyl (C=O) groups excluding carboxylic acids is 1. The van der Waals surface area contributed by atoms with Crippen LogP contribution in [0.2, 0.25) is 0 Å². The Morgan fingerprint density at radius 2 is 1.91 bits per heavy atom. The van der Waals surface area contributed by atoms with Crippen LogP contribution in [0.15, 0.2) is 53.4 Å². The second-order valence-corrected chi connectivity index (χ2v) is 6.50. The Balaban J connectivity index is 1.88. The first-order valence-electron chi connectivity index (χ1n) is 6.55. The lowest BCUT2D eigenvalue weighted by Gasteiger charge is -2.05. The molecule has 0 spiro atoms. The summed E-state index contributed by atoms with van der Waals surface area (Å²) in [5.41, 5.74) is 1.13. The minimum Gasteiger partial charge on any atom is -0.351 e. The van der Waals surface area contributed by atoms with Gasteiger partial charge < -0.3 is 10.3 Å². The van der Waals surface area contributed by atoms with E-state index in [9.17, 15) is 17.6 Å². The van der Waals surface area contributed by atoms with E-state index in [2.05, 4.69) is 10.3 Å². The number of rotatable bonds is 3. The Labute approximate surface area is 131 Å². The molecule has 4 N–H and O–H groups in total. The summed E-state index contributed by atoms with van der Waals surface area (Å²) in [4.78, 5) is 15.0. The molecular weight excluding hydrogens is 321 g/mol. The maximum atomic E-state index is 13.2. The fourth-order valence-electron chi connectivity index (χ4n) is 2.18. The normalized spacial score (nSPS) is 11.6. The number of sulfonamides is 1. The molecule has 1 heterocycles. The third-order valence-electron chi connectivity index (χ3n) is 3.25. The summed E-state index contributed by atoms with van der Waals surface area (Å²) in [6.07, 6.45) is 0. The zero-order valence-corrected chi connectivity index (χ0v) is 12.5. The maximum Gasteiger partial charge on any atom is 0.272 e. The molecule has 0 fully saturated rings. The molecule has 3 aromatic rings. The van der Waals surface area contributed by atoms with Crippen molar-refractivity contribution in [2.75, 3.05) is 5.32 Å². The quantitative estimate of drug-likeness (QED) is 0.684. The topological polar surface area (TPSA) is 105 Å². The van der Waals surface area contributed by atoms with Crippen LogP contribution in [-0.4, -0.2) is 19.3 Å². The molecule has 0 aliphatic heterocycles. The van der Waals surface area contributed by atoms with Crippen molar-refractivity contribution in [2.45, 2.75) is 4.90 Å². The van der Waals surface area contributed by atoms with Crippen LogP contribution in [0.5, 0.6) is 0 Å². The number of amides is 1. The largest absolute Gasteiger partial charge is 0.351 e.